The number of hydrogen-bond acceptors (Lipinski definition) is 4. The van der Waals surface area contributed by atoms with Crippen molar-refractivity contribution in [3.05, 3.63) is 64.7 Å². The zero-order valence-electron chi connectivity index (χ0n) is 15.6. The number of fused-ring (bicyclic) bond motifs is 2. The SMILES string of the molecule is O=C(c1ccc2c(c1)C1(OCCCO1)C(=O)N2CC1CC1)c1cccc(F)c1F. The molecule has 0 unspecified atom stereocenters. The smallest absolute Gasteiger partial charge is 0.292 e. The number of ketones is 1. The maximum Gasteiger partial charge on any atom is 0.292 e. The van der Waals surface area contributed by atoms with Gasteiger partial charge in [0.15, 0.2) is 17.4 Å². The van der Waals surface area contributed by atoms with E-state index in [-0.39, 0.29) is 17.0 Å². The van der Waals surface area contributed by atoms with Gasteiger partial charge in [0, 0.05) is 17.7 Å². The summed E-state index contributed by atoms with van der Waals surface area (Å²) in [6.45, 7) is 1.30. The fourth-order valence-corrected chi connectivity index (χ4v) is 3.96. The van der Waals surface area contributed by atoms with Gasteiger partial charge in [-0.15, -0.1) is 0 Å². The van der Waals surface area contributed by atoms with Gasteiger partial charge in [0.2, 0.25) is 0 Å². The molecule has 1 amide bonds. The van der Waals surface area contributed by atoms with Crippen molar-refractivity contribution in [2.45, 2.75) is 25.0 Å². The van der Waals surface area contributed by atoms with Crippen LogP contribution in [0.1, 0.15) is 40.7 Å². The summed E-state index contributed by atoms with van der Waals surface area (Å²) in [4.78, 5) is 27.8. The van der Waals surface area contributed by atoms with Gasteiger partial charge in [-0.2, -0.15) is 0 Å². The predicted molar refractivity (Wildman–Crippen MR) is 99.5 cm³/mol. The quantitative estimate of drug-likeness (QED) is 0.738. The van der Waals surface area contributed by atoms with Crippen molar-refractivity contribution in [3.63, 3.8) is 0 Å². The highest BCUT2D eigenvalue weighted by molar-refractivity contribution is 6.11. The van der Waals surface area contributed by atoms with Crippen LogP contribution in [-0.4, -0.2) is 31.4 Å². The van der Waals surface area contributed by atoms with Gasteiger partial charge in [-0.05, 0) is 55.5 Å². The van der Waals surface area contributed by atoms with Crippen LogP contribution in [0.5, 0.6) is 0 Å². The average molecular weight is 399 g/mol. The third-order valence-corrected chi connectivity index (χ3v) is 5.66. The van der Waals surface area contributed by atoms with E-state index in [1.165, 1.54) is 24.3 Å². The van der Waals surface area contributed by atoms with Crippen LogP contribution in [0.25, 0.3) is 0 Å². The Morgan fingerprint density at radius 2 is 1.90 bits per heavy atom. The highest BCUT2D eigenvalue weighted by atomic mass is 19.2. The molecule has 0 aromatic heterocycles. The summed E-state index contributed by atoms with van der Waals surface area (Å²) < 4.78 is 39.3. The molecular weight excluding hydrogens is 380 g/mol. The second kappa shape index (κ2) is 6.71. The maximum absolute atomic E-state index is 14.1. The van der Waals surface area contributed by atoms with Crippen LogP contribution >= 0.6 is 0 Å². The van der Waals surface area contributed by atoms with Crippen molar-refractivity contribution < 1.29 is 27.8 Å². The van der Waals surface area contributed by atoms with E-state index < -0.39 is 23.2 Å². The Hall–Kier alpha value is -2.64. The lowest BCUT2D eigenvalue weighted by atomic mass is 9.97. The van der Waals surface area contributed by atoms with Gasteiger partial charge in [0.25, 0.3) is 11.7 Å². The first-order chi connectivity index (χ1) is 14.0. The lowest BCUT2D eigenvalue weighted by Gasteiger charge is -2.32. The van der Waals surface area contributed by atoms with Gasteiger partial charge in [0.1, 0.15) is 0 Å². The van der Waals surface area contributed by atoms with Crippen molar-refractivity contribution >= 4 is 17.4 Å². The fourth-order valence-electron chi connectivity index (χ4n) is 3.96. The molecule has 0 N–H and O–H groups in total. The standard InChI is InChI=1S/C22H19F2NO4/c23-17-4-1-3-15(19(17)24)20(26)14-7-8-18-16(11-14)22(28-9-2-10-29-22)21(27)25(18)12-13-5-6-13/h1,3-4,7-8,11,13H,2,5-6,9-10,12H2. The molecule has 7 heteroatoms. The molecule has 150 valence electrons. The molecule has 0 radical (unpaired) electrons. The molecule has 5 rings (SSSR count). The van der Waals surface area contributed by atoms with E-state index in [1.807, 2.05) is 0 Å². The van der Waals surface area contributed by atoms with Gasteiger partial charge in [-0.25, -0.2) is 8.78 Å². The molecule has 3 aliphatic rings. The molecule has 1 spiro atoms. The molecule has 2 aromatic carbocycles. The van der Waals surface area contributed by atoms with E-state index in [2.05, 4.69) is 0 Å². The largest absolute Gasteiger partial charge is 0.338 e. The van der Waals surface area contributed by atoms with Gasteiger partial charge >= 0.3 is 0 Å². The Labute approximate surface area is 166 Å². The number of benzene rings is 2. The minimum atomic E-state index is -1.57. The molecule has 2 aromatic rings. The van der Waals surface area contributed by atoms with Crippen LogP contribution < -0.4 is 4.90 Å². The number of carbonyl (C=O) groups is 2. The topological polar surface area (TPSA) is 55.8 Å². The second-order valence-corrected chi connectivity index (χ2v) is 7.69. The zero-order chi connectivity index (χ0) is 20.2. The predicted octanol–water partition coefficient (Wildman–Crippen LogP) is 3.54. The zero-order valence-corrected chi connectivity index (χ0v) is 15.6. The number of hydrogen-bond donors (Lipinski definition) is 0. The highest BCUT2D eigenvalue weighted by Crippen LogP contribution is 2.47. The van der Waals surface area contributed by atoms with Crippen molar-refractivity contribution in [1.29, 1.82) is 0 Å². The Balaban J connectivity index is 1.59. The second-order valence-electron chi connectivity index (χ2n) is 7.69. The molecule has 2 aliphatic heterocycles. The van der Waals surface area contributed by atoms with Gasteiger partial charge in [-0.3, -0.25) is 9.59 Å². The highest BCUT2D eigenvalue weighted by Gasteiger charge is 2.55. The molecular formula is C22H19F2NO4. The number of rotatable bonds is 4. The molecule has 5 nitrogen and oxygen atoms in total. The number of carbonyl (C=O) groups excluding carboxylic acids is 2. The van der Waals surface area contributed by atoms with Crippen LogP contribution in [0.15, 0.2) is 36.4 Å². The van der Waals surface area contributed by atoms with E-state index in [0.29, 0.717) is 43.3 Å². The summed E-state index contributed by atoms with van der Waals surface area (Å²) in [6.07, 6.45) is 2.81. The van der Waals surface area contributed by atoms with Crippen LogP contribution in [0.2, 0.25) is 0 Å². The molecule has 1 aliphatic carbocycles. The molecule has 2 fully saturated rings. The Kier molecular flexibility index (Phi) is 4.26. The molecule has 0 bridgehead atoms. The van der Waals surface area contributed by atoms with Crippen molar-refractivity contribution in [1.82, 2.24) is 0 Å². The summed E-state index contributed by atoms with van der Waals surface area (Å²) >= 11 is 0. The van der Waals surface area contributed by atoms with Crippen LogP contribution in [0, 0.1) is 17.6 Å². The first-order valence-corrected chi connectivity index (χ1v) is 9.74. The van der Waals surface area contributed by atoms with E-state index >= 15 is 0 Å². The first kappa shape index (κ1) is 18.4. The van der Waals surface area contributed by atoms with Gasteiger partial charge < -0.3 is 14.4 Å². The minimum absolute atomic E-state index is 0.145. The Bertz CT molecular complexity index is 1010. The summed E-state index contributed by atoms with van der Waals surface area (Å²) in [6, 6.07) is 8.19. The van der Waals surface area contributed by atoms with Gasteiger partial charge in [0.05, 0.1) is 24.5 Å². The van der Waals surface area contributed by atoms with E-state index in [9.17, 15) is 18.4 Å². The molecule has 0 atom stereocenters. The normalized spacial score (nSPS) is 20.2. The number of amides is 1. The number of ether oxygens (including phenoxy) is 2. The first-order valence-electron chi connectivity index (χ1n) is 9.74. The maximum atomic E-state index is 14.1. The third-order valence-electron chi connectivity index (χ3n) is 5.66. The number of nitrogens with zero attached hydrogens (tertiary/aromatic N) is 1. The summed E-state index contributed by atoms with van der Waals surface area (Å²) in [5, 5.41) is 0. The number of halogens is 2. The summed E-state index contributed by atoms with van der Waals surface area (Å²) in [7, 11) is 0. The van der Waals surface area contributed by atoms with Crippen molar-refractivity contribution in [2.24, 2.45) is 5.92 Å². The molecule has 1 saturated heterocycles. The Morgan fingerprint density at radius 3 is 2.62 bits per heavy atom. The monoisotopic (exact) mass is 399 g/mol. The molecule has 1 saturated carbocycles. The van der Waals surface area contributed by atoms with E-state index in [0.717, 1.165) is 18.9 Å². The van der Waals surface area contributed by atoms with Crippen LogP contribution in [0.4, 0.5) is 14.5 Å². The molecule has 29 heavy (non-hydrogen) atoms. The number of anilines is 1. The summed E-state index contributed by atoms with van der Waals surface area (Å²) in [5.74, 6) is -4.35. The minimum Gasteiger partial charge on any atom is -0.338 e. The van der Waals surface area contributed by atoms with Crippen LogP contribution in [0.3, 0.4) is 0 Å². The van der Waals surface area contributed by atoms with Crippen LogP contribution in [-0.2, 0) is 20.1 Å². The van der Waals surface area contributed by atoms with Crippen molar-refractivity contribution in [2.75, 3.05) is 24.7 Å². The van der Waals surface area contributed by atoms with Crippen molar-refractivity contribution in [3.8, 4) is 0 Å². The molecule has 2 heterocycles. The van der Waals surface area contributed by atoms with Gasteiger partial charge in [-0.1, -0.05) is 6.07 Å². The lowest BCUT2D eigenvalue weighted by Crippen LogP contribution is -2.47. The average Bonchev–Trinajstić information content (AvgIpc) is 3.54. The fraction of sp³-hybridized carbons (Fsp3) is 0.364. The van der Waals surface area contributed by atoms with E-state index in [4.69, 9.17) is 9.47 Å². The third kappa shape index (κ3) is 2.88. The lowest BCUT2D eigenvalue weighted by molar-refractivity contribution is -0.256. The Morgan fingerprint density at radius 1 is 1.14 bits per heavy atom. The summed E-state index contributed by atoms with van der Waals surface area (Å²) in [5.41, 5.74) is 0.876. The van der Waals surface area contributed by atoms with E-state index in [1.54, 1.807) is 11.0 Å².